The Balaban J connectivity index is 1.89. The third kappa shape index (κ3) is 5.45. The van der Waals surface area contributed by atoms with E-state index < -0.39 is 31.8 Å². The maximum atomic E-state index is 13.9. The Bertz CT molecular complexity index is 1250. The fourth-order valence-electron chi connectivity index (χ4n) is 3.65. The molecule has 1 saturated heterocycles. The number of nitrogens with zero attached hydrogens (tertiary/aromatic N) is 1. The minimum absolute atomic E-state index is 0.0283. The molecule has 3 rings (SSSR count). The van der Waals surface area contributed by atoms with Gasteiger partial charge >= 0.3 is 0 Å². The summed E-state index contributed by atoms with van der Waals surface area (Å²) < 4.78 is 66.5. The van der Waals surface area contributed by atoms with Crippen molar-refractivity contribution < 1.29 is 26.0 Å². The quantitative estimate of drug-likeness (QED) is 0.655. The maximum absolute atomic E-state index is 13.9. The van der Waals surface area contributed by atoms with Gasteiger partial charge in [0.05, 0.1) is 16.8 Å². The Hall–Kier alpha value is -2.50. The lowest BCUT2D eigenvalue weighted by Crippen LogP contribution is -2.42. The molecule has 2 N–H and O–H groups in total. The monoisotopic (exact) mass is 483 g/mol. The van der Waals surface area contributed by atoms with Gasteiger partial charge in [-0.2, -0.15) is 4.31 Å². The highest BCUT2D eigenvalue weighted by Crippen LogP contribution is 2.27. The summed E-state index contributed by atoms with van der Waals surface area (Å²) in [5.74, 6) is -1.39. The van der Waals surface area contributed by atoms with Crippen LogP contribution in [0.2, 0.25) is 0 Å². The maximum Gasteiger partial charge on any atom is 0.255 e. The van der Waals surface area contributed by atoms with Crippen LogP contribution in [0.3, 0.4) is 0 Å². The molecule has 0 aliphatic carbocycles. The highest BCUT2D eigenvalue weighted by Gasteiger charge is 2.31. The van der Waals surface area contributed by atoms with Gasteiger partial charge in [0, 0.05) is 23.8 Å². The first-order valence-corrected chi connectivity index (χ1v) is 13.4. The first kappa shape index (κ1) is 24.1. The van der Waals surface area contributed by atoms with Crippen LogP contribution in [0.5, 0.6) is 0 Å². The van der Waals surface area contributed by atoms with Crippen LogP contribution in [0.15, 0.2) is 41.3 Å². The smallest absolute Gasteiger partial charge is 0.255 e. The van der Waals surface area contributed by atoms with Crippen LogP contribution < -0.4 is 10.0 Å². The summed E-state index contributed by atoms with van der Waals surface area (Å²) in [6, 6.07) is 7.72. The Morgan fingerprint density at radius 1 is 1.09 bits per heavy atom. The number of hydrogen-bond donors (Lipinski definition) is 2. The Kier molecular flexibility index (Phi) is 6.91. The molecule has 0 spiro atoms. The second kappa shape index (κ2) is 9.16. The molecule has 32 heavy (non-hydrogen) atoms. The zero-order valence-corrected chi connectivity index (χ0v) is 19.7. The molecule has 1 fully saturated rings. The topological polar surface area (TPSA) is 113 Å². The van der Waals surface area contributed by atoms with Gasteiger partial charge in [0.1, 0.15) is 5.82 Å². The fraction of sp³-hybridized carbons (Fsp3) is 0.381. The Morgan fingerprint density at radius 2 is 1.81 bits per heavy atom. The Labute approximate surface area is 187 Å². The molecule has 1 heterocycles. The van der Waals surface area contributed by atoms with E-state index in [-0.39, 0.29) is 27.9 Å². The van der Waals surface area contributed by atoms with Crippen molar-refractivity contribution in [3.8, 4) is 0 Å². The van der Waals surface area contributed by atoms with Gasteiger partial charge in [-0.1, -0.05) is 12.5 Å². The Morgan fingerprint density at radius 3 is 2.47 bits per heavy atom. The number of amides is 1. The van der Waals surface area contributed by atoms with Gasteiger partial charge in [-0.05, 0) is 62.6 Å². The van der Waals surface area contributed by atoms with Crippen LogP contribution in [0.4, 0.5) is 15.8 Å². The number of piperidine rings is 1. The van der Waals surface area contributed by atoms with E-state index in [0.717, 1.165) is 37.7 Å². The van der Waals surface area contributed by atoms with E-state index in [0.29, 0.717) is 12.1 Å². The molecule has 174 valence electrons. The summed E-state index contributed by atoms with van der Waals surface area (Å²) in [6.07, 6.45) is 3.43. The van der Waals surface area contributed by atoms with Gasteiger partial charge < -0.3 is 5.32 Å². The van der Waals surface area contributed by atoms with Crippen LogP contribution in [0.1, 0.15) is 42.1 Å². The summed E-state index contributed by atoms with van der Waals surface area (Å²) in [4.78, 5) is 12.9. The number of hydrogen-bond acceptors (Lipinski definition) is 5. The van der Waals surface area contributed by atoms with E-state index in [9.17, 15) is 26.0 Å². The minimum atomic E-state index is -3.76. The van der Waals surface area contributed by atoms with E-state index in [1.807, 2.05) is 11.6 Å². The number of carbonyl (C=O) groups excluding carboxylic acids is 1. The van der Waals surface area contributed by atoms with Crippen LogP contribution >= 0.6 is 0 Å². The molecule has 0 radical (unpaired) electrons. The summed E-state index contributed by atoms with van der Waals surface area (Å²) in [6.45, 7) is 3.98. The summed E-state index contributed by atoms with van der Waals surface area (Å²) in [5, 5.41) is 2.57. The molecule has 2 aromatic rings. The molecule has 0 aromatic heterocycles. The van der Waals surface area contributed by atoms with Crippen molar-refractivity contribution in [3.63, 3.8) is 0 Å². The highest BCUT2D eigenvalue weighted by atomic mass is 32.2. The van der Waals surface area contributed by atoms with Crippen LogP contribution in [0.25, 0.3) is 0 Å². The molecule has 1 amide bonds. The van der Waals surface area contributed by atoms with Crippen molar-refractivity contribution in [1.82, 2.24) is 4.31 Å². The number of aryl methyl sites for hydroxylation is 1. The molecule has 0 bridgehead atoms. The van der Waals surface area contributed by atoms with Gasteiger partial charge in [-0.25, -0.2) is 21.2 Å². The third-order valence-corrected chi connectivity index (χ3v) is 7.92. The number of sulfonamides is 2. The number of anilines is 2. The van der Waals surface area contributed by atoms with Gasteiger partial charge in [-0.15, -0.1) is 0 Å². The average molecular weight is 484 g/mol. The first-order chi connectivity index (χ1) is 14.9. The lowest BCUT2D eigenvalue weighted by Gasteiger charge is -2.32. The zero-order valence-electron chi connectivity index (χ0n) is 18.1. The average Bonchev–Trinajstić information content (AvgIpc) is 2.69. The minimum Gasteiger partial charge on any atom is -0.322 e. The first-order valence-electron chi connectivity index (χ1n) is 10.1. The van der Waals surface area contributed by atoms with Crippen LogP contribution in [-0.2, 0) is 20.0 Å². The predicted octanol–water partition coefficient (Wildman–Crippen LogP) is 3.32. The van der Waals surface area contributed by atoms with E-state index in [4.69, 9.17) is 0 Å². The largest absolute Gasteiger partial charge is 0.322 e. The molecule has 0 unspecified atom stereocenters. The number of halogens is 1. The lowest BCUT2D eigenvalue weighted by molar-refractivity contribution is 0.102. The normalized spacial score (nSPS) is 17.7. The summed E-state index contributed by atoms with van der Waals surface area (Å²) in [7, 11) is -7.48. The van der Waals surface area contributed by atoms with Crippen molar-refractivity contribution >= 4 is 37.3 Å². The van der Waals surface area contributed by atoms with E-state index in [1.165, 1.54) is 22.5 Å². The summed E-state index contributed by atoms with van der Waals surface area (Å²) in [5.41, 5.74) is 0.555. The van der Waals surface area contributed by atoms with Gasteiger partial charge in [0.2, 0.25) is 20.0 Å². The van der Waals surface area contributed by atoms with Crippen molar-refractivity contribution in [2.45, 2.75) is 44.0 Å². The third-order valence-electron chi connectivity index (χ3n) is 5.32. The van der Waals surface area contributed by atoms with E-state index in [2.05, 4.69) is 5.32 Å². The highest BCUT2D eigenvalue weighted by molar-refractivity contribution is 7.92. The fourth-order valence-corrected chi connectivity index (χ4v) is 5.93. The van der Waals surface area contributed by atoms with Crippen LogP contribution in [-0.4, -0.2) is 45.9 Å². The van der Waals surface area contributed by atoms with Gasteiger partial charge in [-0.3, -0.25) is 9.52 Å². The predicted molar refractivity (Wildman–Crippen MR) is 121 cm³/mol. The zero-order chi connectivity index (χ0) is 23.7. The van der Waals surface area contributed by atoms with Crippen molar-refractivity contribution in [3.05, 3.63) is 53.3 Å². The molecule has 1 aliphatic heterocycles. The molecule has 1 aliphatic rings. The number of carbonyl (C=O) groups is 1. The van der Waals surface area contributed by atoms with E-state index in [1.54, 1.807) is 13.0 Å². The van der Waals surface area contributed by atoms with Crippen molar-refractivity contribution in [1.29, 1.82) is 0 Å². The molecular weight excluding hydrogens is 457 g/mol. The van der Waals surface area contributed by atoms with Gasteiger partial charge in [0.25, 0.3) is 5.91 Å². The van der Waals surface area contributed by atoms with Crippen LogP contribution in [0, 0.1) is 12.7 Å². The molecule has 2 aromatic carbocycles. The molecule has 8 nitrogen and oxygen atoms in total. The molecule has 0 saturated carbocycles. The number of rotatable bonds is 6. The SMILES string of the molecule is Cc1ccc(S(=O)(=O)N2CCCC[C@H]2C)cc1C(=O)Nc1ccc(F)c(NS(C)(=O)=O)c1. The lowest BCUT2D eigenvalue weighted by atomic mass is 10.1. The molecule has 11 heteroatoms. The summed E-state index contributed by atoms with van der Waals surface area (Å²) >= 11 is 0. The number of nitrogens with one attached hydrogen (secondary N) is 2. The molecule has 1 atom stereocenters. The van der Waals surface area contributed by atoms with Gasteiger partial charge in [0.15, 0.2) is 0 Å². The number of benzene rings is 2. The second-order valence-electron chi connectivity index (χ2n) is 7.96. The van der Waals surface area contributed by atoms with Crippen molar-refractivity contribution in [2.75, 3.05) is 22.8 Å². The standard InChI is InChI=1S/C21H26FN3O5S2/c1-14-7-9-17(32(29,30)25-11-5-4-6-15(25)2)13-18(14)21(26)23-16-8-10-19(22)20(12-16)24-31(3,27)28/h7-10,12-13,15,24H,4-6,11H2,1-3H3,(H,23,26)/t15-/m1/s1. The van der Waals surface area contributed by atoms with Crippen molar-refractivity contribution in [2.24, 2.45) is 0 Å². The van der Waals surface area contributed by atoms with E-state index >= 15 is 0 Å². The second-order valence-corrected chi connectivity index (χ2v) is 11.6. The molecular formula is C21H26FN3O5S2.